The van der Waals surface area contributed by atoms with E-state index in [1.807, 2.05) is 18.2 Å². The van der Waals surface area contributed by atoms with Crippen molar-refractivity contribution >= 4 is 22.4 Å². The van der Waals surface area contributed by atoms with Crippen molar-refractivity contribution in [3.63, 3.8) is 0 Å². The van der Waals surface area contributed by atoms with Crippen LogP contribution in [0.5, 0.6) is 0 Å². The third-order valence-electron chi connectivity index (χ3n) is 3.74. The predicted molar refractivity (Wildman–Crippen MR) is 91.2 cm³/mol. The van der Waals surface area contributed by atoms with Crippen LogP contribution in [0.4, 0.5) is 20.3 Å². The molecule has 0 atom stereocenters. The van der Waals surface area contributed by atoms with E-state index in [1.165, 1.54) is 24.3 Å². The molecule has 0 unspecified atom stereocenters. The van der Waals surface area contributed by atoms with Crippen molar-refractivity contribution in [2.24, 2.45) is 0 Å². The predicted octanol–water partition coefficient (Wildman–Crippen LogP) is 5.25. The van der Waals surface area contributed by atoms with E-state index in [9.17, 15) is 8.78 Å². The molecule has 0 aliphatic rings. The first-order chi connectivity index (χ1) is 11.7. The highest BCUT2D eigenvalue weighted by Crippen LogP contribution is 2.26. The van der Waals surface area contributed by atoms with E-state index in [4.69, 9.17) is 0 Å². The van der Waals surface area contributed by atoms with Gasteiger partial charge in [-0.1, -0.05) is 18.2 Å². The van der Waals surface area contributed by atoms with Gasteiger partial charge in [0.2, 0.25) is 0 Å². The molecule has 0 aliphatic heterocycles. The average Bonchev–Trinajstić information content (AvgIpc) is 2.98. The fraction of sp³-hybridized carbons (Fsp3) is 0. The van der Waals surface area contributed by atoms with E-state index in [2.05, 4.69) is 15.3 Å². The summed E-state index contributed by atoms with van der Waals surface area (Å²) in [6.07, 6.45) is 1.72. The summed E-state index contributed by atoms with van der Waals surface area (Å²) in [5.41, 5.74) is 3.07. The molecule has 0 saturated carbocycles. The standard InChI is InChI=1S/C19H13F2N3/c20-14-4-1-3-12(7-14)17-8-13-11-22-19(10-18(13)24-17)23-16-6-2-5-15(21)9-16/h1-11,24H,(H,22,23). The number of hydrogen-bond acceptors (Lipinski definition) is 2. The molecule has 0 radical (unpaired) electrons. The summed E-state index contributed by atoms with van der Waals surface area (Å²) in [6.45, 7) is 0. The highest BCUT2D eigenvalue weighted by atomic mass is 19.1. The van der Waals surface area contributed by atoms with Gasteiger partial charge in [0.1, 0.15) is 17.5 Å². The van der Waals surface area contributed by atoms with Gasteiger partial charge in [-0.2, -0.15) is 0 Å². The molecule has 2 aromatic carbocycles. The minimum absolute atomic E-state index is 0.280. The van der Waals surface area contributed by atoms with Gasteiger partial charge in [-0.05, 0) is 36.4 Å². The number of aromatic amines is 1. The first kappa shape index (κ1) is 14.4. The molecule has 118 valence electrons. The topological polar surface area (TPSA) is 40.7 Å². The second-order valence-electron chi connectivity index (χ2n) is 5.49. The molecule has 2 heterocycles. The monoisotopic (exact) mass is 321 g/mol. The molecule has 24 heavy (non-hydrogen) atoms. The second-order valence-corrected chi connectivity index (χ2v) is 5.49. The van der Waals surface area contributed by atoms with Crippen LogP contribution in [0.1, 0.15) is 0 Å². The Hall–Kier alpha value is -3.21. The maximum atomic E-state index is 13.4. The van der Waals surface area contributed by atoms with Gasteiger partial charge < -0.3 is 10.3 Å². The summed E-state index contributed by atoms with van der Waals surface area (Å²) in [5, 5.41) is 3.98. The first-order valence-electron chi connectivity index (χ1n) is 7.45. The van der Waals surface area contributed by atoms with Crippen LogP contribution in [0, 0.1) is 11.6 Å². The normalized spacial score (nSPS) is 10.9. The number of hydrogen-bond donors (Lipinski definition) is 2. The fourth-order valence-electron chi connectivity index (χ4n) is 2.62. The number of halogens is 2. The zero-order chi connectivity index (χ0) is 16.5. The van der Waals surface area contributed by atoms with Crippen LogP contribution < -0.4 is 5.32 Å². The Labute approximate surface area is 137 Å². The third kappa shape index (κ3) is 2.84. The number of fused-ring (bicyclic) bond motifs is 1. The van der Waals surface area contributed by atoms with Crippen LogP contribution in [0.2, 0.25) is 0 Å². The summed E-state index contributed by atoms with van der Waals surface area (Å²) in [6, 6.07) is 16.3. The molecule has 0 saturated heterocycles. The van der Waals surface area contributed by atoms with Crippen molar-refractivity contribution in [3.8, 4) is 11.3 Å². The summed E-state index contributed by atoms with van der Waals surface area (Å²) >= 11 is 0. The van der Waals surface area contributed by atoms with Gasteiger partial charge in [0.25, 0.3) is 0 Å². The lowest BCUT2D eigenvalue weighted by Crippen LogP contribution is -1.93. The molecule has 4 aromatic rings. The highest BCUT2D eigenvalue weighted by Gasteiger charge is 2.06. The summed E-state index contributed by atoms with van der Waals surface area (Å²) in [7, 11) is 0. The van der Waals surface area contributed by atoms with Gasteiger partial charge in [-0.15, -0.1) is 0 Å². The van der Waals surface area contributed by atoms with Crippen molar-refractivity contribution in [2.45, 2.75) is 0 Å². The van der Waals surface area contributed by atoms with Gasteiger partial charge in [-0.3, -0.25) is 0 Å². The number of nitrogens with zero attached hydrogens (tertiary/aromatic N) is 1. The molecule has 0 spiro atoms. The Balaban J connectivity index is 1.68. The Morgan fingerprint density at radius 1 is 0.875 bits per heavy atom. The highest BCUT2D eigenvalue weighted by molar-refractivity contribution is 5.87. The molecular weight excluding hydrogens is 308 g/mol. The fourth-order valence-corrected chi connectivity index (χ4v) is 2.62. The van der Waals surface area contributed by atoms with E-state index in [0.717, 1.165) is 22.2 Å². The summed E-state index contributed by atoms with van der Waals surface area (Å²) in [4.78, 5) is 7.58. The number of rotatable bonds is 3. The number of aromatic nitrogens is 2. The second kappa shape index (κ2) is 5.77. The zero-order valence-electron chi connectivity index (χ0n) is 12.6. The molecule has 0 amide bonds. The van der Waals surface area contributed by atoms with Gasteiger partial charge in [0.05, 0.1) is 5.52 Å². The lowest BCUT2D eigenvalue weighted by atomic mass is 10.1. The van der Waals surface area contributed by atoms with Crippen LogP contribution in [-0.2, 0) is 0 Å². The van der Waals surface area contributed by atoms with Crippen LogP contribution in [0.25, 0.3) is 22.2 Å². The Morgan fingerprint density at radius 2 is 1.67 bits per heavy atom. The van der Waals surface area contributed by atoms with Crippen LogP contribution in [-0.4, -0.2) is 9.97 Å². The van der Waals surface area contributed by atoms with E-state index in [0.29, 0.717) is 11.5 Å². The van der Waals surface area contributed by atoms with Crippen LogP contribution in [0.15, 0.2) is 66.9 Å². The van der Waals surface area contributed by atoms with Crippen molar-refractivity contribution in [1.82, 2.24) is 9.97 Å². The van der Waals surface area contributed by atoms with E-state index < -0.39 is 0 Å². The minimum atomic E-state index is -0.311. The quantitative estimate of drug-likeness (QED) is 0.541. The average molecular weight is 321 g/mol. The number of anilines is 2. The first-order valence-corrected chi connectivity index (χ1v) is 7.45. The summed E-state index contributed by atoms with van der Waals surface area (Å²) < 4.78 is 26.6. The summed E-state index contributed by atoms with van der Waals surface area (Å²) in [5.74, 6) is 0.00725. The number of pyridine rings is 1. The Kier molecular flexibility index (Phi) is 3.46. The van der Waals surface area contributed by atoms with E-state index in [-0.39, 0.29) is 11.6 Å². The van der Waals surface area contributed by atoms with Crippen molar-refractivity contribution in [1.29, 1.82) is 0 Å². The lowest BCUT2D eigenvalue weighted by molar-refractivity contribution is 0.628. The molecule has 0 bridgehead atoms. The molecule has 4 rings (SSSR count). The van der Waals surface area contributed by atoms with Crippen molar-refractivity contribution in [2.75, 3.05) is 5.32 Å². The van der Waals surface area contributed by atoms with Gasteiger partial charge >= 0.3 is 0 Å². The molecule has 2 N–H and O–H groups in total. The van der Waals surface area contributed by atoms with Crippen molar-refractivity contribution < 1.29 is 8.78 Å². The molecule has 2 aromatic heterocycles. The lowest BCUT2D eigenvalue weighted by Gasteiger charge is -2.05. The largest absolute Gasteiger partial charge is 0.354 e. The van der Waals surface area contributed by atoms with E-state index in [1.54, 1.807) is 24.4 Å². The number of benzene rings is 2. The maximum Gasteiger partial charge on any atom is 0.132 e. The molecule has 3 nitrogen and oxygen atoms in total. The number of H-pyrrole nitrogens is 1. The minimum Gasteiger partial charge on any atom is -0.354 e. The maximum absolute atomic E-state index is 13.4. The van der Waals surface area contributed by atoms with Crippen molar-refractivity contribution in [3.05, 3.63) is 78.5 Å². The van der Waals surface area contributed by atoms with Crippen LogP contribution >= 0.6 is 0 Å². The zero-order valence-corrected chi connectivity index (χ0v) is 12.6. The molecular formula is C19H13F2N3. The smallest absolute Gasteiger partial charge is 0.132 e. The van der Waals surface area contributed by atoms with Crippen LogP contribution in [0.3, 0.4) is 0 Å². The Bertz CT molecular complexity index is 1020. The Morgan fingerprint density at radius 3 is 2.46 bits per heavy atom. The SMILES string of the molecule is Fc1cccc(Nc2cc3[nH]c(-c4cccc(F)c4)cc3cn2)c1. The van der Waals surface area contributed by atoms with E-state index >= 15 is 0 Å². The molecule has 0 aliphatic carbocycles. The molecule has 5 heteroatoms. The third-order valence-corrected chi connectivity index (χ3v) is 3.74. The van der Waals surface area contributed by atoms with Gasteiger partial charge in [0, 0.05) is 34.6 Å². The van der Waals surface area contributed by atoms with Gasteiger partial charge in [-0.25, -0.2) is 13.8 Å². The van der Waals surface area contributed by atoms with Gasteiger partial charge in [0.15, 0.2) is 0 Å². The molecule has 0 fully saturated rings. The number of nitrogens with one attached hydrogen (secondary N) is 2.